The van der Waals surface area contributed by atoms with Crippen molar-refractivity contribution in [1.82, 2.24) is 0 Å². The Labute approximate surface area is 91.1 Å². The lowest BCUT2D eigenvalue weighted by Gasteiger charge is -2.05. The van der Waals surface area contributed by atoms with Crippen LogP contribution in [-0.2, 0) is 18.9 Å². The van der Waals surface area contributed by atoms with Crippen molar-refractivity contribution in [3.63, 3.8) is 0 Å². The number of carboxylic acids is 1. The summed E-state index contributed by atoms with van der Waals surface area (Å²) in [6.45, 7) is 0. The lowest BCUT2D eigenvalue weighted by Crippen LogP contribution is -2.31. The molecule has 0 aromatic heterocycles. The van der Waals surface area contributed by atoms with E-state index in [1.54, 1.807) is 0 Å². The third-order valence-corrected chi connectivity index (χ3v) is 1.17. The molecule has 0 fully saturated rings. The molecule has 16 heavy (non-hydrogen) atoms. The topological polar surface area (TPSA) is 167 Å². The number of nitrogens with two attached hydrogens (primary N) is 1. The van der Waals surface area contributed by atoms with Crippen LogP contribution in [0.25, 0.3) is 0 Å². The second-order valence-corrected chi connectivity index (χ2v) is 3.60. The van der Waals surface area contributed by atoms with Gasteiger partial charge in [-0.05, 0) is 6.42 Å². The van der Waals surface area contributed by atoms with Crippen LogP contribution in [0.5, 0.6) is 0 Å². The van der Waals surface area contributed by atoms with E-state index in [0.717, 1.165) is 0 Å². The monoisotopic (exact) mass is 259 g/mol. The van der Waals surface area contributed by atoms with Crippen molar-refractivity contribution in [3.05, 3.63) is 0 Å². The molecule has 0 heterocycles. The van der Waals surface area contributed by atoms with Gasteiger partial charge in [0, 0.05) is 6.42 Å². The summed E-state index contributed by atoms with van der Waals surface area (Å²) in [6.07, 6.45) is -0.00171. The van der Waals surface area contributed by atoms with Crippen molar-refractivity contribution < 1.29 is 38.7 Å². The van der Waals surface area contributed by atoms with Crippen LogP contribution in [0.4, 0.5) is 0 Å². The van der Waals surface area contributed by atoms with Gasteiger partial charge in [-0.25, -0.2) is 4.57 Å². The van der Waals surface area contributed by atoms with Gasteiger partial charge in [0.2, 0.25) is 0 Å². The third-order valence-electron chi connectivity index (χ3n) is 1.17. The molecule has 0 spiro atoms. The van der Waals surface area contributed by atoms with Crippen LogP contribution < -0.4 is 5.73 Å². The van der Waals surface area contributed by atoms with Gasteiger partial charge < -0.3 is 30.3 Å². The molecule has 0 aromatic carbocycles. The van der Waals surface area contributed by atoms with Crippen LogP contribution in [0.1, 0.15) is 12.8 Å². The fraction of sp³-hybridized carbons (Fsp3) is 0.667. The number of hydrogen-bond donors (Lipinski definition) is 5. The number of hydrogen-bond acceptors (Lipinski definition) is 5. The average Bonchev–Trinajstić information content (AvgIpc) is 2.10. The SMILES string of the molecule is COC(=O)C(N)CCC(=O)O.O=P(O)(O)O. The summed E-state index contributed by atoms with van der Waals surface area (Å²) in [6, 6.07) is -0.823. The fourth-order valence-electron chi connectivity index (χ4n) is 0.548. The predicted octanol–water partition coefficient (Wildman–Crippen LogP) is -1.58. The molecule has 0 aliphatic heterocycles. The zero-order chi connectivity index (χ0) is 13.4. The Hall–Kier alpha value is -0.990. The van der Waals surface area contributed by atoms with E-state index in [0.29, 0.717) is 0 Å². The van der Waals surface area contributed by atoms with Gasteiger partial charge in [0.05, 0.1) is 7.11 Å². The molecule has 0 aliphatic rings. The molecular weight excluding hydrogens is 245 g/mol. The zero-order valence-electron chi connectivity index (χ0n) is 8.44. The number of carbonyl (C=O) groups excluding carboxylic acids is 1. The second kappa shape index (κ2) is 8.20. The van der Waals surface area contributed by atoms with Gasteiger partial charge in [-0.1, -0.05) is 0 Å². The van der Waals surface area contributed by atoms with Gasteiger partial charge in [-0.15, -0.1) is 0 Å². The van der Waals surface area contributed by atoms with Gasteiger partial charge in [0.15, 0.2) is 0 Å². The van der Waals surface area contributed by atoms with Gasteiger partial charge in [0.1, 0.15) is 6.04 Å². The predicted molar refractivity (Wildman–Crippen MR) is 51.1 cm³/mol. The van der Waals surface area contributed by atoms with Crippen LogP contribution in [0.15, 0.2) is 0 Å². The Kier molecular flexibility index (Phi) is 8.92. The number of carboxylic acid groups (broad SMARTS) is 1. The first-order valence-corrected chi connectivity index (χ1v) is 5.48. The highest BCUT2D eigenvalue weighted by molar-refractivity contribution is 7.45. The Morgan fingerprint density at radius 3 is 2.00 bits per heavy atom. The summed E-state index contributed by atoms with van der Waals surface area (Å²) >= 11 is 0. The molecule has 0 radical (unpaired) electrons. The molecule has 0 saturated heterocycles. The van der Waals surface area contributed by atoms with Gasteiger partial charge in [-0.2, -0.15) is 0 Å². The number of rotatable bonds is 4. The number of methoxy groups -OCH3 is 1. The van der Waals surface area contributed by atoms with Crippen LogP contribution in [-0.4, -0.2) is 44.9 Å². The zero-order valence-corrected chi connectivity index (χ0v) is 9.33. The standard InChI is InChI=1S/C6H11NO4.H3O4P/c1-11-6(10)4(7)2-3-5(8)9;1-5(2,3)4/h4H,2-3,7H2,1H3,(H,8,9);(H3,1,2,3,4). The number of carbonyl (C=O) groups is 2. The van der Waals surface area contributed by atoms with Gasteiger partial charge >= 0.3 is 19.8 Å². The minimum Gasteiger partial charge on any atom is -0.481 e. The number of phosphoric acid groups is 1. The van der Waals surface area contributed by atoms with Crippen molar-refractivity contribution >= 4 is 19.8 Å². The van der Waals surface area contributed by atoms with Crippen LogP contribution in [0.3, 0.4) is 0 Å². The third kappa shape index (κ3) is 18.7. The van der Waals surface area contributed by atoms with Gasteiger partial charge in [-0.3, -0.25) is 9.59 Å². The molecule has 0 aliphatic carbocycles. The van der Waals surface area contributed by atoms with Crippen molar-refractivity contribution in [1.29, 1.82) is 0 Å². The molecule has 0 bridgehead atoms. The molecule has 1 atom stereocenters. The normalized spacial score (nSPS) is 12.1. The Morgan fingerprint density at radius 1 is 1.38 bits per heavy atom. The molecule has 0 amide bonds. The van der Waals surface area contributed by atoms with Crippen LogP contribution in [0.2, 0.25) is 0 Å². The van der Waals surface area contributed by atoms with E-state index in [4.69, 9.17) is 30.1 Å². The molecule has 6 N–H and O–H groups in total. The largest absolute Gasteiger partial charge is 0.481 e. The highest BCUT2D eigenvalue weighted by Crippen LogP contribution is 2.25. The number of esters is 1. The van der Waals surface area contributed by atoms with E-state index in [9.17, 15) is 9.59 Å². The summed E-state index contributed by atoms with van der Waals surface area (Å²) in [4.78, 5) is 42.2. The Balaban J connectivity index is 0. The fourth-order valence-corrected chi connectivity index (χ4v) is 0.548. The first kappa shape index (κ1) is 17.4. The summed E-state index contributed by atoms with van der Waals surface area (Å²) in [5.41, 5.74) is 5.24. The molecule has 9 nitrogen and oxygen atoms in total. The second-order valence-electron chi connectivity index (χ2n) is 2.58. The summed E-state index contributed by atoms with van der Waals surface area (Å²) in [5, 5.41) is 8.21. The van der Waals surface area contributed by atoms with Crippen LogP contribution >= 0.6 is 7.82 Å². The maximum atomic E-state index is 10.6. The molecule has 96 valence electrons. The molecule has 0 saturated carbocycles. The molecule has 10 heteroatoms. The average molecular weight is 259 g/mol. The van der Waals surface area contributed by atoms with E-state index in [1.807, 2.05) is 0 Å². The van der Waals surface area contributed by atoms with E-state index in [2.05, 4.69) is 4.74 Å². The molecule has 1 unspecified atom stereocenters. The van der Waals surface area contributed by atoms with E-state index >= 15 is 0 Å². The van der Waals surface area contributed by atoms with E-state index in [1.165, 1.54) is 7.11 Å². The van der Waals surface area contributed by atoms with E-state index in [-0.39, 0.29) is 12.8 Å². The van der Waals surface area contributed by atoms with Gasteiger partial charge in [0.25, 0.3) is 0 Å². The smallest absolute Gasteiger partial charge is 0.466 e. The highest BCUT2D eigenvalue weighted by Gasteiger charge is 2.14. The van der Waals surface area contributed by atoms with E-state index < -0.39 is 25.8 Å². The van der Waals surface area contributed by atoms with Crippen molar-refractivity contribution in [2.75, 3.05) is 7.11 Å². The van der Waals surface area contributed by atoms with Crippen LogP contribution in [0, 0.1) is 0 Å². The Morgan fingerprint density at radius 2 is 1.75 bits per heavy atom. The van der Waals surface area contributed by atoms with Crippen molar-refractivity contribution in [3.8, 4) is 0 Å². The maximum Gasteiger partial charge on any atom is 0.466 e. The first-order valence-electron chi connectivity index (χ1n) is 3.91. The molecular formula is C6H14NO8P. The minimum absolute atomic E-state index is 0.113. The van der Waals surface area contributed by atoms with Crippen molar-refractivity contribution in [2.45, 2.75) is 18.9 Å². The van der Waals surface area contributed by atoms with Crippen molar-refractivity contribution in [2.24, 2.45) is 5.73 Å². The lowest BCUT2D eigenvalue weighted by atomic mass is 10.2. The highest BCUT2D eigenvalue weighted by atomic mass is 31.2. The lowest BCUT2D eigenvalue weighted by molar-refractivity contribution is -0.142. The minimum atomic E-state index is -4.64. The number of aliphatic carboxylic acids is 1. The quantitative estimate of drug-likeness (QED) is 0.295. The summed E-state index contributed by atoms with van der Waals surface area (Å²) in [5.74, 6) is -1.55. The Bertz CT molecular complexity index is 265. The molecule has 0 rings (SSSR count). The maximum absolute atomic E-state index is 10.6. The summed E-state index contributed by atoms with van der Waals surface area (Å²) < 4.78 is 13.2. The summed E-state index contributed by atoms with van der Waals surface area (Å²) in [7, 11) is -3.43. The molecule has 0 aromatic rings. The first-order chi connectivity index (χ1) is 7.07. The number of ether oxygens (including phenoxy) is 1.